The third kappa shape index (κ3) is 9.85. The predicted molar refractivity (Wildman–Crippen MR) is 363 cm³/mol. The Morgan fingerprint density at radius 2 is 0.419 bits per heavy atom. The van der Waals surface area contributed by atoms with Crippen LogP contribution in [0.25, 0.3) is 32.3 Å². The van der Waals surface area contributed by atoms with E-state index in [1.807, 2.05) is 0 Å². The molecular formula is C80H60N6. The van der Waals surface area contributed by atoms with Gasteiger partial charge in [0, 0.05) is 67.3 Å². The van der Waals surface area contributed by atoms with Gasteiger partial charge in [-0.15, -0.1) is 0 Å². The molecule has 0 spiro atoms. The summed E-state index contributed by atoms with van der Waals surface area (Å²) in [6, 6.07) is 122. The smallest absolute Gasteiger partial charge is 0.0758 e. The average molecular weight is 1110 g/mol. The van der Waals surface area contributed by atoms with Crippen molar-refractivity contribution in [3.05, 3.63) is 351 Å². The maximum absolute atomic E-state index is 4.00. The normalized spacial score (nSPS) is 13.5. The highest BCUT2D eigenvalue weighted by molar-refractivity contribution is 6.02. The molecule has 2 atom stereocenters. The highest BCUT2D eigenvalue weighted by Gasteiger charge is 2.31. The maximum Gasteiger partial charge on any atom is 0.0758 e. The molecule has 0 saturated heterocycles. The van der Waals surface area contributed by atoms with Gasteiger partial charge in [-0.3, -0.25) is 0 Å². The van der Waals surface area contributed by atoms with Crippen LogP contribution < -0.4 is 30.2 Å². The second-order valence-electron chi connectivity index (χ2n) is 21.8. The van der Waals surface area contributed by atoms with Crippen LogP contribution in [0.2, 0.25) is 0 Å². The summed E-state index contributed by atoms with van der Waals surface area (Å²) in [6.07, 6.45) is 0. The van der Waals surface area contributed by atoms with E-state index < -0.39 is 0 Å². The highest BCUT2D eigenvalue weighted by atomic mass is 15.2. The topological polar surface area (TPSA) is 37.0 Å². The van der Waals surface area contributed by atoms with Gasteiger partial charge >= 0.3 is 0 Å². The van der Waals surface area contributed by atoms with Gasteiger partial charge in [0.15, 0.2) is 0 Å². The first-order valence-electron chi connectivity index (χ1n) is 29.5. The molecule has 1 heterocycles. The van der Waals surface area contributed by atoms with E-state index in [0.717, 1.165) is 79.6 Å². The summed E-state index contributed by atoms with van der Waals surface area (Å²) in [7, 11) is 0. The van der Waals surface area contributed by atoms with Crippen molar-refractivity contribution in [3.63, 3.8) is 0 Å². The Balaban J connectivity index is 0.815. The molecule has 6 heteroatoms. The maximum atomic E-state index is 4.00. The van der Waals surface area contributed by atoms with E-state index >= 15 is 0 Å². The molecule has 1 aliphatic heterocycles. The summed E-state index contributed by atoms with van der Waals surface area (Å²) in [5.74, 6) is 0. The van der Waals surface area contributed by atoms with Gasteiger partial charge in [-0.25, -0.2) is 0 Å². The molecular weight excluding hydrogens is 1040 g/mol. The van der Waals surface area contributed by atoms with E-state index in [1.165, 1.54) is 43.4 Å². The quantitative estimate of drug-likeness (QED) is 0.113. The lowest BCUT2D eigenvalue weighted by Crippen LogP contribution is -2.30. The van der Waals surface area contributed by atoms with E-state index in [2.05, 4.69) is 370 Å². The molecule has 14 aromatic carbocycles. The number of benzene rings is 14. The molecule has 0 aliphatic carbocycles. The van der Waals surface area contributed by atoms with Gasteiger partial charge in [-0.1, -0.05) is 200 Å². The monoisotopic (exact) mass is 1100 g/mol. The Kier molecular flexibility index (Phi) is 13.7. The minimum absolute atomic E-state index is 0.0905. The van der Waals surface area contributed by atoms with Crippen molar-refractivity contribution in [1.82, 2.24) is 0 Å². The minimum Gasteiger partial charge on any atom is -0.374 e. The van der Waals surface area contributed by atoms with Crippen molar-refractivity contribution >= 4 is 112 Å². The van der Waals surface area contributed by atoms with Crippen LogP contribution in [0.15, 0.2) is 340 Å². The summed E-state index contributed by atoms with van der Waals surface area (Å²) in [5.41, 5.74) is 17.5. The summed E-state index contributed by atoms with van der Waals surface area (Å²) < 4.78 is 0. The van der Waals surface area contributed by atoms with Gasteiger partial charge in [0.05, 0.1) is 40.5 Å². The van der Waals surface area contributed by atoms with Gasteiger partial charge in [-0.05, 0) is 167 Å². The van der Waals surface area contributed by atoms with Crippen LogP contribution in [0.1, 0.15) is 23.2 Å². The highest BCUT2D eigenvalue weighted by Crippen LogP contribution is 2.47. The SMILES string of the molecule is c1ccc(N(c2ccc(C3Nc4ccccc4NC3c3ccc(N(c4ccc(N(c5ccccc5)c5cccc6ccccc56)cc4)c4ccc(N(c5ccccc5)c5cccc6ccccc56)cc4)cc3)cc2)c2cccc3ccccc23)cc1. The average Bonchev–Trinajstić information content (AvgIpc) is 3.59. The zero-order valence-corrected chi connectivity index (χ0v) is 47.3. The Labute approximate surface area is 502 Å². The molecule has 410 valence electrons. The molecule has 14 aromatic rings. The predicted octanol–water partition coefficient (Wildman–Crippen LogP) is 22.3. The lowest BCUT2D eigenvalue weighted by molar-refractivity contribution is 0.636. The van der Waals surface area contributed by atoms with Crippen molar-refractivity contribution in [2.24, 2.45) is 0 Å². The molecule has 0 amide bonds. The number of hydrogen-bond acceptors (Lipinski definition) is 6. The largest absolute Gasteiger partial charge is 0.374 e. The van der Waals surface area contributed by atoms with E-state index in [1.54, 1.807) is 0 Å². The van der Waals surface area contributed by atoms with E-state index in [-0.39, 0.29) is 12.1 Å². The fraction of sp³-hybridized carbons (Fsp3) is 0.0250. The number of anilines is 14. The molecule has 0 saturated carbocycles. The molecule has 0 aromatic heterocycles. The third-order valence-corrected chi connectivity index (χ3v) is 16.7. The van der Waals surface area contributed by atoms with Crippen LogP contribution in [0.3, 0.4) is 0 Å². The van der Waals surface area contributed by atoms with Crippen LogP contribution in [0.5, 0.6) is 0 Å². The zero-order valence-electron chi connectivity index (χ0n) is 47.3. The van der Waals surface area contributed by atoms with Crippen molar-refractivity contribution in [2.45, 2.75) is 12.1 Å². The molecule has 2 unspecified atom stereocenters. The van der Waals surface area contributed by atoms with Gasteiger partial charge in [0.25, 0.3) is 0 Å². The molecule has 2 N–H and O–H groups in total. The second-order valence-corrected chi connectivity index (χ2v) is 21.8. The Morgan fingerprint density at radius 1 is 0.186 bits per heavy atom. The third-order valence-electron chi connectivity index (χ3n) is 16.7. The van der Waals surface area contributed by atoms with E-state index in [4.69, 9.17) is 0 Å². The van der Waals surface area contributed by atoms with Crippen LogP contribution in [-0.4, -0.2) is 0 Å². The molecule has 15 rings (SSSR count). The first-order chi connectivity index (χ1) is 42.7. The first kappa shape index (κ1) is 51.5. The Morgan fingerprint density at radius 3 is 0.733 bits per heavy atom. The number of nitrogens with one attached hydrogen (secondary N) is 2. The molecule has 6 nitrogen and oxygen atoms in total. The van der Waals surface area contributed by atoms with Gasteiger partial charge in [-0.2, -0.15) is 0 Å². The molecule has 1 aliphatic rings. The molecule has 0 bridgehead atoms. The number of para-hydroxylation sites is 5. The Hall–Kier alpha value is -11.3. The van der Waals surface area contributed by atoms with E-state index in [9.17, 15) is 0 Å². The van der Waals surface area contributed by atoms with Gasteiger partial charge in [0.1, 0.15) is 0 Å². The second kappa shape index (κ2) is 22.8. The van der Waals surface area contributed by atoms with Crippen molar-refractivity contribution in [3.8, 4) is 0 Å². The summed E-state index contributed by atoms with van der Waals surface area (Å²) >= 11 is 0. The van der Waals surface area contributed by atoms with Crippen LogP contribution in [-0.2, 0) is 0 Å². The lowest BCUT2D eigenvalue weighted by Gasteiger charge is -2.37. The van der Waals surface area contributed by atoms with Crippen LogP contribution >= 0.6 is 0 Å². The van der Waals surface area contributed by atoms with Crippen molar-refractivity contribution < 1.29 is 0 Å². The summed E-state index contributed by atoms with van der Waals surface area (Å²) in [6.45, 7) is 0. The Bertz CT molecular complexity index is 4470. The van der Waals surface area contributed by atoms with Crippen LogP contribution in [0, 0.1) is 0 Å². The number of hydrogen-bond donors (Lipinski definition) is 2. The standard InChI is InChI=1S/C80H60N6/c1-4-27-62(28-5-1)84(76-38-18-24-57-21-10-13-33-71(57)76)68-47-43-61(44-48-68)80-79(81-74-36-16-17-37-75(74)82-80)60-41-45-65(46-42-60)83(66-49-53-69(54-50-66)85(63-29-6-2-7-30-63)77-39-19-25-58-22-11-14-34-72(58)77)67-51-55-70(56-52-67)86(64-31-8-3-9-32-64)78-40-20-26-59-23-12-15-35-73(59)78/h1-56,79-82H. The minimum atomic E-state index is -0.101. The molecule has 0 fully saturated rings. The van der Waals surface area contributed by atoms with Crippen molar-refractivity contribution in [1.29, 1.82) is 0 Å². The van der Waals surface area contributed by atoms with Crippen LogP contribution in [0.4, 0.5) is 79.6 Å². The van der Waals surface area contributed by atoms with Gasteiger partial charge in [0.2, 0.25) is 0 Å². The fourth-order valence-corrected chi connectivity index (χ4v) is 12.6. The summed E-state index contributed by atoms with van der Waals surface area (Å²) in [4.78, 5) is 9.47. The number of rotatable bonds is 14. The number of fused-ring (bicyclic) bond motifs is 4. The van der Waals surface area contributed by atoms with Gasteiger partial charge < -0.3 is 30.2 Å². The zero-order chi connectivity index (χ0) is 57.2. The lowest BCUT2D eigenvalue weighted by atomic mass is 9.90. The fourth-order valence-electron chi connectivity index (χ4n) is 12.6. The summed E-state index contributed by atoms with van der Waals surface area (Å²) in [5, 5.41) is 15.2. The number of nitrogens with zero attached hydrogens (tertiary/aromatic N) is 4. The molecule has 86 heavy (non-hydrogen) atoms. The van der Waals surface area contributed by atoms with Crippen molar-refractivity contribution in [2.75, 3.05) is 30.2 Å². The first-order valence-corrected chi connectivity index (χ1v) is 29.5. The van der Waals surface area contributed by atoms with E-state index in [0.29, 0.717) is 0 Å². The molecule has 0 radical (unpaired) electrons.